The molecule has 2 aromatic rings. The number of aromatic nitrogens is 2. The summed E-state index contributed by atoms with van der Waals surface area (Å²) in [6, 6.07) is 8.65. The highest BCUT2D eigenvalue weighted by atomic mass is 19.1. The van der Waals surface area contributed by atoms with Crippen LogP contribution in [-0.2, 0) is 29.5 Å². The predicted octanol–water partition coefficient (Wildman–Crippen LogP) is 3.99. The summed E-state index contributed by atoms with van der Waals surface area (Å²) in [4.78, 5) is 27.8. The molecule has 6 rings (SSSR count). The van der Waals surface area contributed by atoms with Crippen molar-refractivity contribution >= 4 is 11.7 Å². The lowest BCUT2D eigenvalue weighted by Gasteiger charge is -2.42. The fraction of sp³-hybridized carbons (Fsp3) is 0.562. The van der Waals surface area contributed by atoms with Crippen LogP contribution in [0.1, 0.15) is 53.6 Å². The number of aryl methyl sites for hydroxylation is 2. The smallest absolute Gasteiger partial charge is 0.318 e. The highest BCUT2D eigenvalue weighted by Crippen LogP contribution is 2.49. The number of rotatable bonds is 6. The van der Waals surface area contributed by atoms with Gasteiger partial charge in [-0.15, -0.1) is 0 Å². The molecule has 1 amide bonds. The van der Waals surface area contributed by atoms with Crippen molar-refractivity contribution in [2.24, 2.45) is 0 Å². The number of alkyl halides is 1. The summed E-state index contributed by atoms with van der Waals surface area (Å²) >= 11 is 0. The molecule has 1 spiro atoms. The molecule has 0 radical (unpaired) electrons. The van der Waals surface area contributed by atoms with Crippen molar-refractivity contribution in [2.45, 2.75) is 75.5 Å². The third kappa shape index (κ3) is 5.24. The Bertz CT molecular complexity index is 1440. The van der Waals surface area contributed by atoms with E-state index in [2.05, 4.69) is 42.7 Å². The molecule has 1 aromatic heterocycles. The molecular formula is C32H38F2N6O2. The van der Waals surface area contributed by atoms with Crippen LogP contribution in [-0.4, -0.2) is 83.8 Å². The average molecular weight is 577 g/mol. The minimum absolute atomic E-state index is 0.0159. The number of carbonyl (C=O) groups excluding carboxylic acids is 1. The lowest BCUT2D eigenvalue weighted by atomic mass is 9.69. The number of likely N-dealkylation sites (tertiary alicyclic amines) is 1. The SMILES string of the molecule is C=C(F)C(=O)N1CCN(c2nc(OCC3CC(F)CN3C)nc3c2CCC2(CCc4cc(C)ccc42)C3)CC1CC#N. The first-order valence-electron chi connectivity index (χ1n) is 14.9. The normalized spacial score (nSPS) is 27.1. The van der Waals surface area contributed by atoms with Gasteiger partial charge in [0.15, 0.2) is 5.83 Å². The van der Waals surface area contributed by atoms with Gasteiger partial charge in [0.25, 0.3) is 5.91 Å². The molecule has 0 saturated carbocycles. The topological polar surface area (TPSA) is 85.6 Å². The molecule has 4 aliphatic rings. The molecule has 3 heterocycles. The number of halogens is 2. The average Bonchev–Trinajstić information content (AvgIpc) is 3.48. The first-order chi connectivity index (χ1) is 20.2. The molecule has 0 N–H and O–H groups in total. The van der Waals surface area contributed by atoms with E-state index in [1.165, 1.54) is 21.6 Å². The highest BCUT2D eigenvalue weighted by molar-refractivity contribution is 5.91. The van der Waals surface area contributed by atoms with Gasteiger partial charge in [-0.05, 0) is 63.6 Å². The zero-order valence-electron chi connectivity index (χ0n) is 24.4. The Labute approximate surface area is 246 Å². The molecule has 42 heavy (non-hydrogen) atoms. The summed E-state index contributed by atoms with van der Waals surface area (Å²) in [7, 11) is 1.90. The molecule has 2 fully saturated rings. The second kappa shape index (κ2) is 11.3. The number of likely N-dealkylation sites (N-methyl/N-ethyl adjacent to an activating group) is 1. The summed E-state index contributed by atoms with van der Waals surface area (Å²) in [6.07, 6.45) is 4.31. The highest BCUT2D eigenvalue weighted by Gasteiger charge is 2.44. The molecule has 4 unspecified atom stereocenters. The molecule has 4 atom stereocenters. The number of piperazine rings is 1. The minimum atomic E-state index is -1.02. The van der Waals surface area contributed by atoms with Crippen LogP contribution in [0.5, 0.6) is 6.01 Å². The maximum atomic E-state index is 14.0. The van der Waals surface area contributed by atoms with Crippen molar-refractivity contribution in [1.82, 2.24) is 19.8 Å². The first-order valence-corrected chi connectivity index (χ1v) is 14.9. The third-order valence-corrected chi connectivity index (χ3v) is 9.76. The summed E-state index contributed by atoms with van der Waals surface area (Å²) in [5.74, 6) is -1.04. The van der Waals surface area contributed by atoms with Gasteiger partial charge in [0.2, 0.25) is 0 Å². The van der Waals surface area contributed by atoms with Crippen LogP contribution in [0.2, 0.25) is 0 Å². The second-order valence-corrected chi connectivity index (χ2v) is 12.5. The van der Waals surface area contributed by atoms with Gasteiger partial charge in [-0.1, -0.05) is 30.3 Å². The Hall–Kier alpha value is -3.58. The van der Waals surface area contributed by atoms with Gasteiger partial charge in [-0.3, -0.25) is 9.69 Å². The van der Waals surface area contributed by atoms with Gasteiger partial charge in [-0.25, -0.2) is 8.78 Å². The molecule has 2 aliphatic carbocycles. The quantitative estimate of drug-likeness (QED) is 0.481. The zero-order chi connectivity index (χ0) is 29.6. The number of anilines is 1. The summed E-state index contributed by atoms with van der Waals surface area (Å²) in [5, 5.41) is 9.48. The number of nitrogens with zero attached hydrogens (tertiary/aromatic N) is 6. The van der Waals surface area contributed by atoms with E-state index >= 15 is 0 Å². The number of ether oxygens (including phenoxy) is 1. The van der Waals surface area contributed by atoms with Crippen molar-refractivity contribution in [3.8, 4) is 12.1 Å². The van der Waals surface area contributed by atoms with E-state index in [4.69, 9.17) is 14.7 Å². The second-order valence-electron chi connectivity index (χ2n) is 12.5. The number of carbonyl (C=O) groups is 1. The van der Waals surface area contributed by atoms with Crippen LogP contribution in [0.3, 0.4) is 0 Å². The van der Waals surface area contributed by atoms with Crippen LogP contribution < -0.4 is 9.64 Å². The monoisotopic (exact) mass is 576 g/mol. The lowest BCUT2D eigenvalue weighted by molar-refractivity contribution is -0.131. The van der Waals surface area contributed by atoms with Crippen LogP contribution in [0.4, 0.5) is 14.6 Å². The predicted molar refractivity (Wildman–Crippen MR) is 155 cm³/mol. The maximum absolute atomic E-state index is 14.0. The van der Waals surface area contributed by atoms with Crippen LogP contribution in [0.25, 0.3) is 0 Å². The van der Waals surface area contributed by atoms with E-state index < -0.39 is 23.9 Å². The van der Waals surface area contributed by atoms with Crippen LogP contribution >= 0.6 is 0 Å². The first kappa shape index (κ1) is 28.5. The van der Waals surface area contributed by atoms with Crippen molar-refractivity contribution < 1.29 is 18.3 Å². The Kier molecular flexibility index (Phi) is 7.64. The van der Waals surface area contributed by atoms with Crippen molar-refractivity contribution in [2.75, 3.05) is 44.7 Å². The number of hydrogen-bond donors (Lipinski definition) is 0. The van der Waals surface area contributed by atoms with E-state index in [1.807, 2.05) is 11.9 Å². The van der Waals surface area contributed by atoms with Gasteiger partial charge < -0.3 is 14.5 Å². The van der Waals surface area contributed by atoms with Crippen molar-refractivity contribution in [3.63, 3.8) is 0 Å². The van der Waals surface area contributed by atoms with Crippen molar-refractivity contribution in [1.29, 1.82) is 5.26 Å². The number of amides is 1. The number of benzene rings is 1. The number of hydrogen-bond acceptors (Lipinski definition) is 7. The summed E-state index contributed by atoms with van der Waals surface area (Å²) < 4.78 is 34.0. The molecule has 0 bridgehead atoms. The Morgan fingerprint density at radius 2 is 2.02 bits per heavy atom. The van der Waals surface area contributed by atoms with Crippen LogP contribution in [0.15, 0.2) is 30.6 Å². The molecular weight excluding hydrogens is 538 g/mol. The maximum Gasteiger partial charge on any atom is 0.318 e. The fourth-order valence-corrected chi connectivity index (χ4v) is 7.52. The molecule has 2 saturated heterocycles. The van der Waals surface area contributed by atoms with Gasteiger partial charge >= 0.3 is 6.01 Å². The van der Waals surface area contributed by atoms with Gasteiger partial charge in [0.1, 0.15) is 18.6 Å². The van der Waals surface area contributed by atoms with Crippen LogP contribution in [0, 0.1) is 18.3 Å². The standard InChI is InChI=1S/C32H38F2N6O2/c1-20-4-5-27-22(14-20)6-9-32(27)10-7-26-28(16-32)36-31(42-19-25-15-23(34)17-38(25)3)37-29(26)39-12-13-40(30(41)21(2)33)24(18-39)8-11-35/h4-5,14,23-25H,2,6-10,12-13,15-19H2,1,3H3. The van der Waals surface area contributed by atoms with E-state index in [0.717, 1.165) is 49.2 Å². The molecule has 2 aliphatic heterocycles. The molecule has 10 heteroatoms. The van der Waals surface area contributed by atoms with Gasteiger partial charge in [0, 0.05) is 43.2 Å². The fourth-order valence-electron chi connectivity index (χ4n) is 7.52. The van der Waals surface area contributed by atoms with E-state index in [0.29, 0.717) is 32.7 Å². The number of fused-ring (bicyclic) bond motifs is 3. The molecule has 8 nitrogen and oxygen atoms in total. The minimum Gasteiger partial charge on any atom is -0.462 e. The summed E-state index contributed by atoms with van der Waals surface area (Å²) in [5.41, 5.74) is 6.16. The third-order valence-electron chi connectivity index (χ3n) is 9.76. The Morgan fingerprint density at radius 1 is 1.21 bits per heavy atom. The van der Waals surface area contributed by atoms with Gasteiger partial charge in [0.05, 0.1) is 24.2 Å². The van der Waals surface area contributed by atoms with E-state index in [1.54, 1.807) is 0 Å². The molecule has 222 valence electrons. The largest absolute Gasteiger partial charge is 0.462 e. The summed E-state index contributed by atoms with van der Waals surface area (Å²) in [6.45, 7) is 7.02. The molecule has 1 aromatic carbocycles. The van der Waals surface area contributed by atoms with E-state index in [9.17, 15) is 18.8 Å². The van der Waals surface area contributed by atoms with Gasteiger partial charge in [-0.2, -0.15) is 15.2 Å². The zero-order valence-corrected chi connectivity index (χ0v) is 24.4. The Morgan fingerprint density at radius 3 is 2.76 bits per heavy atom. The lowest BCUT2D eigenvalue weighted by Crippen LogP contribution is -2.55. The Balaban J connectivity index is 1.33. The van der Waals surface area contributed by atoms with Crippen molar-refractivity contribution in [3.05, 3.63) is 58.6 Å². The number of nitriles is 1. The van der Waals surface area contributed by atoms with E-state index in [-0.39, 0.29) is 30.4 Å².